The van der Waals surface area contributed by atoms with Gasteiger partial charge in [-0.15, -0.1) is 0 Å². The van der Waals surface area contributed by atoms with E-state index in [0.29, 0.717) is 10.7 Å². The van der Waals surface area contributed by atoms with E-state index in [4.69, 9.17) is 10.9 Å². The molecule has 5 nitrogen and oxygen atoms in total. The maximum Gasteiger partial charge on any atom is 0.192 e. The van der Waals surface area contributed by atoms with E-state index >= 15 is 0 Å². The van der Waals surface area contributed by atoms with Crippen molar-refractivity contribution in [1.29, 1.82) is 0 Å². The van der Waals surface area contributed by atoms with Gasteiger partial charge >= 0.3 is 0 Å². The van der Waals surface area contributed by atoms with Gasteiger partial charge in [0.05, 0.1) is 0 Å². The molecule has 98 valence electrons. The summed E-state index contributed by atoms with van der Waals surface area (Å²) in [5.41, 5.74) is 8.31. The Bertz CT molecular complexity index is 628. The predicted octanol–water partition coefficient (Wildman–Crippen LogP) is 2.34. The van der Waals surface area contributed by atoms with E-state index in [-0.39, 0.29) is 5.84 Å². The van der Waals surface area contributed by atoms with E-state index < -0.39 is 0 Å². The van der Waals surface area contributed by atoms with Crippen molar-refractivity contribution >= 4 is 17.6 Å². The fourth-order valence-electron chi connectivity index (χ4n) is 1.56. The van der Waals surface area contributed by atoms with E-state index in [1.807, 2.05) is 38.1 Å². The van der Waals surface area contributed by atoms with Crippen LogP contribution in [0.3, 0.4) is 0 Å². The highest BCUT2D eigenvalue weighted by atomic mass is 32.2. The lowest BCUT2D eigenvalue weighted by atomic mass is 10.1. The van der Waals surface area contributed by atoms with Crippen LogP contribution in [0.15, 0.2) is 45.7 Å². The van der Waals surface area contributed by atoms with Crippen LogP contribution in [0.2, 0.25) is 0 Å². The van der Waals surface area contributed by atoms with E-state index in [2.05, 4.69) is 15.1 Å². The molecule has 0 spiro atoms. The number of benzene rings is 1. The first-order valence-electron chi connectivity index (χ1n) is 5.66. The van der Waals surface area contributed by atoms with Crippen molar-refractivity contribution < 1.29 is 5.21 Å². The molecule has 0 amide bonds. The smallest absolute Gasteiger partial charge is 0.192 e. The van der Waals surface area contributed by atoms with Crippen LogP contribution in [0.5, 0.6) is 0 Å². The van der Waals surface area contributed by atoms with E-state index in [0.717, 1.165) is 16.2 Å². The molecule has 0 saturated carbocycles. The van der Waals surface area contributed by atoms with Gasteiger partial charge in [0.25, 0.3) is 0 Å². The van der Waals surface area contributed by atoms with Crippen LogP contribution < -0.4 is 5.73 Å². The Morgan fingerprint density at radius 1 is 1.32 bits per heavy atom. The second-order valence-corrected chi connectivity index (χ2v) is 5.08. The summed E-state index contributed by atoms with van der Waals surface area (Å²) in [7, 11) is 0. The third kappa shape index (κ3) is 3.23. The molecule has 0 bridgehead atoms. The van der Waals surface area contributed by atoms with Gasteiger partial charge in [-0.05, 0) is 43.8 Å². The largest absolute Gasteiger partial charge is 0.409 e. The molecule has 0 atom stereocenters. The van der Waals surface area contributed by atoms with Gasteiger partial charge in [0.1, 0.15) is 0 Å². The fraction of sp³-hybridized carbons (Fsp3) is 0.154. The van der Waals surface area contributed by atoms with Gasteiger partial charge in [0, 0.05) is 22.3 Å². The Labute approximate surface area is 115 Å². The van der Waals surface area contributed by atoms with E-state index in [1.165, 1.54) is 11.8 Å². The van der Waals surface area contributed by atoms with Gasteiger partial charge < -0.3 is 10.9 Å². The number of aromatic nitrogens is 2. The summed E-state index contributed by atoms with van der Waals surface area (Å²) in [6.45, 7) is 3.86. The van der Waals surface area contributed by atoms with Crippen molar-refractivity contribution in [3.63, 3.8) is 0 Å². The minimum absolute atomic E-state index is 0.0823. The van der Waals surface area contributed by atoms with Gasteiger partial charge in [-0.25, -0.2) is 9.97 Å². The molecule has 0 saturated heterocycles. The molecular weight excluding hydrogens is 260 g/mol. The van der Waals surface area contributed by atoms with E-state index in [1.54, 1.807) is 6.20 Å². The maximum atomic E-state index is 8.84. The van der Waals surface area contributed by atoms with Crippen molar-refractivity contribution in [2.24, 2.45) is 10.9 Å². The highest BCUT2D eigenvalue weighted by molar-refractivity contribution is 7.99. The molecule has 2 rings (SSSR count). The van der Waals surface area contributed by atoms with Crippen LogP contribution in [0.4, 0.5) is 0 Å². The van der Waals surface area contributed by atoms with E-state index in [9.17, 15) is 0 Å². The van der Waals surface area contributed by atoms with Crippen LogP contribution in [0.25, 0.3) is 0 Å². The molecule has 19 heavy (non-hydrogen) atoms. The molecule has 3 N–H and O–H groups in total. The number of hydrogen-bond acceptors (Lipinski definition) is 5. The third-order valence-electron chi connectivity index (χ3n) is 2.49. The first kappa shape index (κ1) is 13.4. The molecule has 1 heterocycles. The number of amidine groups is 1. The fourth-order valence-corrected chi connectivity index (χ4v) is 2.47. The Morgan fingerprint density at radius 2 is 2.11 bits per heavy atom. The van der Waals surface area contributed by atoms with Gasteiger partial charge in [-0.3, -0.25) is 0 Å². The second kappa shape index (κ2) is 5.71. The number of rotatable bonds is 3. The summed E-state index contributed by atoms with van der Waals surface area (Å²) in [6.07, 6.45) is 1.71. The minimum Gasteiger partial charge on any atom is -0.409 e. The molecule has 0 unspecified atom stereocenters. The normalized spacial score (nSPS) is 11.6. The summed E-state index contributed by atoms with van der Waals surface area (Å²) in [5.74, 6) is 0.0823. The summed E-state index contributed by atoms with van der Waals surface area (Å²) >= 11 is 1.39. The SMILES string of the molecule is Cc1ccc(Sc2nccc(C)n2)c(/C(N)=N/O)c1. The quantitative estimate of drug-likeness (QED) is 0.295. The first-order valence-corrected chi connectivity index (χ1v) is 6.48. The molecule has 0 aliphatic rings. The van der Waals surface area contributed by atoms with Gasteiger partial charge in [0.15, 0.2) is 11.0 Å². The number of aryl methyl sites for hydroxylation is 2. The number of oxime groups is 1. The van der Waals surface area contributed by atoms with Gasteiger partial charge in [-0.2, -0.15) is 0 Å². The monoisotopic (exact) mass is 274 g/mol. The molecule has 1 aromatic heterocycles. The standard InChI is InChI=1S/C13H14N4OS/c1-8-3-4-11(10(7-8)12(14)17-18)19-13-15-6-5-9(2)16-13/h3-7,18H,1-2H3,(H2,14,17). The molecule has 2 aromatic rings. The summed E-state index contributed by atoms with van der Waals surface area (Å²) in [4.78, 5) is 9.37. The summed E-state index contributed by atoms with van der Waals surface area (Å²) in [6, 6.07) is 7.59. The Morgan fingerprint density at radius 3 is 2.79 bits per heavy atom. The van der Waals surface area contributed by atoms with Crippen molar-refractivity contribution in [2.45, 2.75) is 23.9 Å². The van der Waals surface area contributed by atoms with Crippen LogP contribution >= 0.6 is 11.8 Å². The molecule has 0 radical (unpaired) electrons. The lowest BCUT2D eigenvalue weighted by molar-refractivity contribution is 0.318. The molecule has 0 aliphatic heterocycles. The predicted molar refractivity (Wildman–Crippen MR) is 74.6 cm³/mol. The van der Waals surface area contributed by atoms with Gasteiger partial charge in [-0.1, -0.05) is 16.8 Å². The minimum atomic E-state index is 0.0823. The lowest BCUT2D eigenvalue weighted by Gasteiger charge is -2.08. The molecule has 0 aliphatic carbocycles. The average molecular weight is 274 g/mol. The summed E-state index contributed by atoms with van der Waals surface area (Å²) < 4.78 is 0. The zero-order valence-corrected chi connectivity index (χ0v) is 11.5. The Hall–Kier alpha value is -2.08. The van der Waals surface area contributed by atoms with Crippen molar-refractivity contribution in [3.8, 4) is 0 Å². The molecule has 0 fully saturated rings. The Balaban J connectivity index is 2.40. The van der Waals surface area contributed by atoms with Crippen molar-refractivity contribution in [3.05, 3.63) is 47.3 Å². The molecular formula is C13H14N4OS. The zero-order valence-electron chi connectivity index (χ0n) is 10.7. The van der Waals surface area contributed by atoms with Gasteiger partial charge in [0.2, 0.25) is 0 Å². The van der Waals surface area contributed by atoms with Crippen LogP contribution in [0, 0.1) is 13.8 Å². The lowest BCUT2D eigenvalue weighted by Crippen LogP contribution is -2.14. The van der Waals surface area contributed by atoms with Crippen LogP contribution in [0.1, 0.15) is 16.8 Å². The molecule has 1 aromatic carbocycles. The molecule has 6 heteroatoms. The van der Waals surface area contributed by atoms with Crippen molar-refractivity contribution in [1.82, 2.24) is 9.97 Å². The summed E-state index contributed by atoms with van der Waals surface area (Å²) in [5, 5.41) is 12.5. The van der Waals surface area contributed by atoms with Crippen molar-refractivity contribution in [2.75, 3.05) is 0 Å². The first-order chi connectivity index (χ1) is 9.10. The number of nitrogens with zero attached hydrogens (tertiary/aromatic N) is 3. The number of nitrogens with two attached hydrogens (primary N) is 1. The van der Waals surface area contributed by atoms with Crippen LogP contribution in [-0.4, -0.2) is 21.0 Å². The second-order valence-electron chi connectivity index (χ2n) is 4.07. The maximum absolute atomic E-state index is 8.84. The highest BCUT2D eigenvalue weighted by Crippen LogP contribution is 2.28. The Kier molecular flexibility index (Phi) is 4.01. The van der Waals surface area contributed by atoms with Crippen LogP contribution in [-0.2, 0) is 0 Å². The third-order valence-corrected chi connectivity index (χ3v) is 3.45. The number of hydrogen-bond donors (Lipinski definition) is 2. The zero-order chi connectivity index (χ0) is 13.8. The highest BCUT2D eigenvalue weighted by Gasteiger charge is 2.10. The average Bonchev–Trinajstić information content (AvgIpc) is 2.40. The topological polar surface area (TPSA) is 84.4 Å².